The Morgan fingerprint density at radius 2 is 1.90 bits per heavy atom. The van der Waals surface area contributed by atoms with Gasteiger partial charge < -0.3 is 14.8 Å². The maximum Gasteiger partial charge on any atom is 0.253 e. The summed E-state index contributed by atoms with van der Waals surface area (Å²) in [5.74, 6) is 0.0789. The molecule has 4 heterocycles. The molecule has 154 valence electrons. The van der Waals surface area contributed by atoms with E-state index < -0.39 is 0 Å². The Hall–Kier alpha value is -3.31. The quantitative estimate of drug-likeness (QED) is 0.451. The lowest BCUT2D eigenvalue weighted by Gasteiger charge is -2.46. The summed E-state index contributed by atoms with van der Waals surface area (Å²) in [5, 5.41) is 5.47. The minimum atomic E-state index is -0.203. The second-order valence-electron chi connectivity index (χ2n) is 8.34. The standard InChI is InChI=1S/C25H21ClN4O/c26-19-6-8-22-21(16-19)28-25(23-4-2-12-30(22)23)9-13-29(14-10-25)24(31)18-5-7-20-17(15-18)3-1-11-27-20/h1-8,11-12,15-16,28H,9-10,13-14H2. The van der Waals surface area contributed by atoms with E-state index in [0.29, 0.717) is 18.7 Å². The maximum atomic E-state index is 13.2. The first-order chi connectivity index (χ1) is 15.1. The third-order valence-electron chi connectivity index (χ3n) is 6.59. The number of likely N-dealkylation sites (tertiary alicyclic amines) is 1. The van der Waals surface area contributed by atoms with Crippen molar-refractivity contribution >= 4 is 34.1 Å². The summed E-state index contributed by atoms with van der Waals surface area (Å²) in [5.41, 5.74) is 4.81. The van der Waals surface area contributed by atoms with Crippen molar-refractivity contribution in [2.75, 3.05) is 18.4 Å². The van der Waals surface area contributed by atoms with Crippen molar-refractivity contribution < 1.29 is 4.79 Å². The Labute approximate surface area is 185 Å². The average molecular weight is 429 g/mol. The minimum absolute atomic E-state index is 0.0789. The van der Waals surface area contributed by atoms with Gasteiger partial charge in [0.05, 0.1) is 22.4 Å². The molecule has 1 spiro atoms. The Balaban J connectivity index is 1.27. The molecule has 0 atom stereocenters. The Bertz CT molecular complexity index is 1320. The third kappa shape index (κ3) is 2.92. The third-order valence-corrected chi connectivity index (χ3v) is 6.82. The first-order valence-corrected chi connectivity index (χ1v) is 10.9. The molecular weight excluding hydrogens is 408 g/mol. The molecule has 6 heteroatoms. The second-order valence-corrected chi connectivity index (χ2v) is 8.77. The number of halogens is 1. The van der Waals surface area contributed by atoms with Crippen LogP contribution >= 0.6 is 11.6 Å². The fraction of sp³-hybridized carbons (Fsp3) is 0.200. The van der Waals surface area contributed by atoms with Gasteiger partial charge in [-0.25, -0.2) is 0 Å². The van der Waals surface area contributed by atoms with Gasteiger partial charge in [-0.05, 0) is 67.4 Å². The zero-order valence-electron chi connectivity index (χ0n) is 16.9. The molecule has 2 aliphatic rings. The van der Waals surface area contributed by atoms with Crippen LogP contribution in [0, 0.1) is 0 Å². The van der Waals surface area contributed by atoms with Crippen LogP contribution in [-0.2, 0) is 5.54 Å². The van der Waals surface area contributed by atoms with Gasteiger partial charge in [0.25, 0.3) is 5.91 Å². The summed E-state index contributed by atoms with van der Waals surface area (Å²) >= 11 is 6.27. The summed E-state index contributed by atoms with van der Waals surface area (Å²) in [7, 11) is 0. The molecule has 0 unspecified atom stereocenters. The number of amides is 1. The molecule has 0 radical (unpaired) electrons. The zero-order chi connectivity index (χ0) is 21.0. The molecule has 1 saturated heterocycles. The number of rotatable bonds is 1. The van der Waals surface area contributed by atoms with Crippen molar-refractivity contribution in [3.63, 3.8) is 0 Å². The SMILES string of the molecule is O=C(c1ccc2ncccc2c1)N1CCC2(CC1)Nc1cc(Cl)ccc1-n1cccc12. The van der Waals surface area contributed by atoms with Crippen LogP contribution in [0.1, 0.15) is 28.9 Å². The largest absolute Gasteiger partial charge is 0.372 e. The lowest BCUT2D eigenvalue weighted by molar-refractivity contribution is 0.0676. The molecule has 4 aromatic rings. The van der Waals surface area contributed by atoms with E-state index in [-0.39, 0.29) is 11.4 Å². The van der Waals surface area contributed by atoms with E-state index in [9.17, 15) is 4.79 Å². The predicted octanol–water partition coefficient (Wildman–Crippen LogP) is 5.24. The van der Waals surface area contributed by atoms with E-state index in [0.717, 1.165) is 40.1 Å². The van der Waals surface area contributed by atoms with E-state index in [1.54, 1.807) is 6.20 Å². The lowest BCUT2D eigenvalue weighted by Crippen LogP contribution is -2.51. The summed E-state index contributed by atoms with van der Waals surface area (Å²) in [6.45, 7) is 1.38. The highest BCUT2D eigenvalue weighted by atomic mass is 35.5. The smallest absolute Gasteiger partial charge is 0.253 e. The van der Waals surface area contributed by atoms with Crippen molar-refractivity contribution in [3.8, 4) is 5.69 Å². The topological polar surface area (TPSA) is 50.2 Å². The van der Waals surface area contributed by atoms with Crippen molar-refractivity contribution in [1.82, 2.24) is 14.5 Å². The van der Waals surface area contributed by atoms with Gasteiger partial charge in [0.15, 0.2) is 0 Å². The summed E-state index contributed by atoms with van der Waals surface area (Å²) < 4.78 is 2.25. The van der Waals surface area contributed by atoms with Crippen LogP contribution < -0.4 is 5.32 Å². The fourth-order valence-electron chi connectivity index (χ4n) is 4.99. The molecule has 2 aromatic heterocycles. The highest BCUT2D eigenvalue weighted by molar-refractivity contribution is 6.31. The van der Waals surface area contributed by atoms with Crippen molar-refractivity contribution in [3.05, 3.63) is 89.3 Å². The van der Waals surface area contributed by atoms with Crippen LogP contribution in [0.4, 0.5) is 5.69 Å². The number of benzene rings is 2. The number of hydrogen-bond acceptors (Lipinski definition) is 3. The Morgan fingerprint density at radius 1 is 1.03 bits per heavy atom. The average Bonchev–Trinajstić information content (AvgIpc) is 3.30. The van der Waals surface area contributed by atoms with Crippen LogP contribution in [0.25, 0.3) is 16.6 Å². The molecule has 1 amide bonds. The van der Waals surface area contributed by atoms with Crippen molar-refractivity contribution in [1.29, 1.82) is 0 Å². The molecule has 1 fully saturated rings. The van der Waals surface area contributed by atoms with E-state index >= 15 is 0 Å². The van der Waals surface area contributed by atoms with Gasteiger partial charge in [0, 0.05) is 47.1 Å². The van der Waals surface area contributed by atoms with Crippen LogP contribution in [0.5, 0.6) is 0 Å². The van der Waals surface area contributed by atoms with Gasteiger partial charge in [0.1, 0.15) is 0 Å². The number of fused-ring (bicyclic) bond motifs is 5. The normalized spacial score (nSPS) is 16.6. The molecule has 5 nitrogen and oxygen atoms in total. The van der Waals surface area contributed by atoms with Crippen LogP contribution in [-0.4, -0.2) is 33.4 Å². The number of nitrogens with one attached hydrogen (secondary N) is 1. The van der Waals surface area contributed by atoms with Crippen molar-refractivity contribution in [2.45, 2.75) is 18.4 Å². The molecule has 2 aromatic carbocycles. The van der Waals surface area contributed by atoms with Crippen molar-refractivity contribution in [2.24, 2.45) is 0 Å². The van der Waals surface area contributed by atoms with Gasteiger partial charge in [-0.2, -0.15) is 0 Å². The van der Waals surface area contributed by atoms with Gasteiger partial charge in [0.2, 0.25) is 0 Å². The lowest BCUT2D eigenvalue weighted by atomic mass is 9.82. The fourth-order valence-corrected chi connectivity index (χ4v) is 5.16. The first-order valence-electron chi connectivity index (χ1n) is 10.5. The number of carbonyl (C=O) groups is 1. The van der Waals surface area contributed by atoms with E-state index in [1.165, 1.54) is 5.69 Å². The van der Waals surface area contributed by atoms with Crippen LogP contribution in [0.3, 0.4) is 0 Å². The predicted molar refractivity (Wildman–Crippen MR) is 123 cm³/mol. The molecule has 31 heavy (non-hydrogen) atoms. The molecule has 2 aliphatic heterocycles. The van der Waals surface area contributed by atoms with E-state index in [1.807, 2.05) is 53.4 Å². The minimum Gasteiger partial charge on any atom is -0.372 e. The van der Waals surface area contributed by atoms with Crippen LogP contribution in [0.2, 0.25) is 5.02 Å². The van der Waals surface area contributed by atoms with E-state index in [4.69, 9.17) is 11.6 Å². The maximum absolute atomic E-state index is 13.2. The number of pyridine rings is 1. The summed E-state index contributed by atoms with van der Waals surface area (Å²) in [6, 6.07) is 19.9. The second kappa shape index (κ2) is 6.86. The number of nitrogens with zero attached hydrogens (tertiary/aromatic N) is 3. The first kappa shape index (κ1) is 18.5. The number of hydrogen-bond donors (Lipinski definition) is 1. The highest BCUT2D eigenvalue weighted by Gasteiger charge is 2.42. The molecular formula is C25H21ClN4O. The molecule has 6 rings (SSSR count). The highest BCUT2D eigenvalue weighted by Crippen LogP contribution is 2.44. The van der Waals surface area contributed by atoms with Gasteiger partial charge in [-0.1, -0.05) is 17.7 Å². The molecule has 1 N–H and O–H groups in total. The Morgan fingerprint density at radius 3 is 2.77 bits per heavy atom. The van der Waals surface area contributed by atoms with E-state index in [2.05, 4.69) is 33.2 Å². The zero-order valence-corrected chi connectivity index (χ0v) is 17.6. The molecule has 0 bridgehead atoms. The summed E-state index contributed by atoms with van der Waals surface area (Å²) in [4.78, 5) is 19.5. The number of carbonyl (C=O) groups excluding carboxylic acids is 1. The number of piperidine rings is 1. The van der Waals surface area contributed by atoms with Gasteiger partial charge in [-0.15, -0.1) is 0 Å². The van der Waals surface area contributed by atoms with Crippen LogP contribution in [0.15, 0.2) is 73.1 Å². The Kier molecular flexibility index (Phi) is 4.08. The number of anilines is 1. The summed E-state index contributed by atoms with van der Waals surface area (Å²) in [6.07, 6.45) is 5.55. The molecule has 0 aliphatic carbocycles. The monoisotopic (exact) mass is 428 g/mol. The van der Waals surface area contributed by atoms with Gasteiger partial charge in [-0.3, -0.25) is 9.78 Å². The number of aromatic nitrogens is 2. The van der Waals surface area contributed by atoms with Gasteiger partial charge >= 0.3 is 0 Å². The molecule has 0 saturated carbocycles.